The Bertz CT molecular complexity index is 1570. The summed E-state index contributed by atoms with van der Waals surface area (Å²) in [5, 5.41) is 18.0. The average Bonchev–Trinajstić information content (AvgIpc) is 3.76. The van der Waals surface area contributed by atoms with E-state index in [1.54, 1.807) is 22.3 Å². The Morgan fingerprint density at radius 1 is 1.15 bits per heavy atom. The van der Waals surface area contributed by atoms with Gasteiger partial charge in [0.05, 0.1) is 43.1 Å². The number of amidine groups is 1. The lowest BCUT2D eigenvalue weighted by Gasteiger charge is -2.42. The molecule has 0 radical (unpaired) electrons. The topological polar surface area (TPSA) is 156 Å². The molecule has 1 saturated heterocycles. The fourth-order valence-electron chi connectivity index (χ4n) is 6.69. The van der Waals surface area contributed by atoms with Gasteiger partial charge in [0.2, 0.25) is 21.8 Å². The molecule has 1 aromatic heterocycles. The number of hydrogen-bond acceptors (Lipinski definition) is 10. The molecule has 1 aromatic carbocycles. The molecule has 0 bridgehead atoms. The number of amides is 2. The van der Waals surface area contributed by atoms with Crippen LogP contribution in [0.25, 0.3) is 0 Å². The zero-order valence-corrected chi connectivity index (χ0v) is 29.4. The van der Waals surface area contributed by atoms with Crippen LogP contribution in [0.3, 0.4) is 0 Å². The van der Waals surface area contributed by atoms with Gasteiger partial charge in [0.15, 0.2) is 0 Å². The van der Waals surface area contributed by atoms with Crippen LogP contribution in [0.4, 0.5) is 0 Å². The number of ether oxygens (including phenoxy) is 1. The molecule has 2 aliphatic heterocycles. The number of rotatable bonds is 13. The van der Waals surface area contributed by atoms with Crippen molar-refractivity contribution in [2.24, 2.45) is 4.99 Å². The van der Waals surface area contributed by atoms with E-state index in [4.69, 9.17) is 9.73 Å². The van der Waals surface area contributed by atoms with Crippen LogP contribution >= 0.6 is 11.3 Å². The third-order valence-corrected chi connectivity index (χ3v) is 10.8. The molecular weight excluding hydrogens is 651 g/mol. The number of nitrogens with one attached hydrogen (secondary N) is 3. The number of unbranched alkanes of at least 4 members (excludes halogenated alkanes) is 1. The van der Waals surface area contributed by atoms with E-state index in [1.807, 2.05) is 47.5 Å². The fourth-order valence-corrected chi connectivity index (χ4v) is 7.85. The van der Waals surface area contributed by atoms with E-state index in [-0.39, 0.29) is 36.5 Å². The monoisotopic (exact) mass is 697 g/mol. The van der Waals surface area contributed by atoms with Gasteiger partial charge in [-0.25, -0.2) is 18.1 Å². The van der Waals surface area contributed by atoms with Crippen molar-refractivity contribution >= 4 is 39.2 Å². The lowest BCUT2D eigenvalue weighted by Crippen LogP contribution is -2.64. The van der Waals surface area contributed by atoms with Crippen molar-refractivity contribution in [2.45, 2.75) is 95.1 Å². The minimum absolute atomic E-state index is 0.110. The molecule has 12 nitrogen and oxygen atoms in total. The molecule has 2 fully saturated rings. The van der Waals surface area contributed by atoms with Crippen LogP contribution in [0.5, 0.6) is 0 Å². The van der Waals surface area contributed by atoms with Crippen LogP contribution in [0.1, 0.15) is 80.4 Å². The maximum atomic E-state index is 14.4. The summed E-state index contributed by atoms with van der Waals surface area (Å²) in [6.45, 7) is 3.66. The first-order valence-electron chi connectivity index (χ1n) is 16.9. The second kappa shape index (κ2) is 16.7. The highest BCUT2D eigenvalue weighted by atomic mass is 32.2. The summed E-state index contributed by atoms with van der Waals surface area (Å²) in [5.74, 6) is -0.346. The molecule has 1 saturated carbocycles. The zero-order valence-electron chi connectivity index (χ0n) is 27.8. The van der Waals surface area contributed by atoms with Gasteiger partial charge in [-0.05, 0) is 61.7 Å². The predicted octanol–water partition coefficient (Wildman–Crippen LogP) is 3.28. The summed E-state index contributed by atoms with van der Waals surface area (Å²) in [4.78, 5) is 37.7. The first-order valence-corrected chi connectivity index (χ1v) is 19.7. The molecule has 0 spiro atoms. The van der Waals surface area contributed by atoms with Crippen molar-refractivity contribution in [1.29, 1.82) is 5.26 Å². The smallest absolute Gasteiger partial charge is 0.288 e. The van der Waals surface area contributed by atoms with Gasteiger partial charge in [0.1, 0.15) is 12.1 Å². The van der Waals surface area contributed by atoms with Crippen LogP contribution in [0, 0.1) is 11.3 Å². The maximum Gasteiger partial charge on any atom is 0.288 e. The quantitative estimate of drug-likeness (QED) is 0.270. The highest BCUT2D eigenvalue weighted by molar-refractivity contribution is 7.88. The van der Waals surface area contributed by atoms with Gasteiger partial charge in [0.25, 0.3) is 6.02 Å². The van der Waals surface area contributed by atoms with E-state index in [9.17, 15) is 23.3 Å². The number of piperazine rings is 1. The maximum absolute atomic E-state index is 14.4. The van der Waals surface area contributed by atoms with Gasteiger partial charge in [-0.15, -0.1) is 11.3 Å². The molecule has 260 valence electrons. The largest absolute Gasteiger partial charge is 0.455 e. The predicted molar refractivity (Wildman–Crippen MR) is 186 cm³/mol. The van der Waals surface area contributed by atoms with Gasteiger partial charge in [-0.3, -0.25) is 9.59 Å². The van der Waals surface area contributed by atoms with Crippen LogP contribution in [-0.2, 0) is 30.9 Å². The molecule has 3 heterocycles. The Morgan fingerprint density at radius 3 is 2.69 bits per heavy atom. The molecule has 4 atom stereocenters. The lowest BCUT2D eigenvalue weighted by molar-refractivity contribution is -0.145. The molecular formula is C34H47N7O5S2. The standard InChI is InChI=1S/C34H47N7O5S2/c1-24-31(26-11-8-10-25(20-26)21-35)46-34(38-24)40-17-18-41(30(23-40)32(42)36-22-28-14-9-19-47-28)33(43)29(39-27-12-4-3-5-13-27)15-6-7-16-37-48(2,44)45/h8-11,14,19-20,24,27,29-31,37,39H,3-7,12-13,15-18,22-23H2,1-2H3,(H,36,42)/t24-,29+,30-,31+/m0/s1. The minimum atomic E-state index is -3.28. The van der Waals surface area contributed by atoms with Crippen molar-refractivity contribution in [3.8, 4) is 6.07 Å². The van der Waals surface area contributed by atoms with Crippen molar-refractivity contribution < 1.29 is 22.7 Å². The van der Waals surface area contributed by atoms with Crippen molar-refractivity contribution in [3.05, 3.63) is 57.8 Å². The van der Waals surface area contributed by atoms with Gasteiger partial charge in [0, 0.05) is 30.6 Å². The van der Waals surface area contributed by atoms with E-state index >= 15 is 0 Å². The SMILES string of the molecule is C[C@@H]1N=C(N2CCN(C(=O)[C@@H](CCCCNS(C)(=O)=O)NC3CCCCC3)[C@H](C(=O)NCc3cccs3)C2)O[C@H]1c1cccc(C#N)c1. The summed E-state index contributed by atoms with van der Waals surface area (Å²) in [6, 6.07) is 12.6. The Balaban J connectivity index is 1.31. The molecule has 5 rings (SSSR count). The highest BCUT2D eigenvalue weighted by Crippen LogP contribution is 2.31. The summed E-state index contributed by atoms with van der Waals surface area (Å²) in [7, 11) is -3.28. The van der Waals surface area contributed by atoms with Crippen LogP contribution in [-0.4, -0.2) is 92.7 Å². The number of sulfonamides is 1. The number of nitrogens with zero attached hydrogens (tertiary/aromatic N) is 4. The third-order valence-electron chi connectivity index (χ3n) is 9.21. The second-order valence-electron chi connectivity index (χ2n) is 12.9. The summed E-state index contributed by atoms with van der Waals surface area (Å²) < 4.78 is 32.0. The first kappa shape index (κ1) is 35.8. The van der Waals surface area contributed by atoms with E-state index in [2.05, 4.69) is 21.4 Å². The zero-order chi connectivity index (χ0) is 34.1. The number of carbonyl (C=O) groups excluding carboxylic acids is 2. The van der Waals surface area contributed by atoms with Crippen LogP contribution in [0.2, 0.25) is 0 Å². The summed E-state index contributed by atoms with van der Waals surface area (Å²) in [5.41, 5.74) is 1.41. The number of nitriles is 1. The summed E-state index contributed by atoms with van der Waals surface area (Å²) in [6.07, 6.45) is 8.02. The molecule has 2 amide bonds. The molecule has 3 aliphatic rings. The van der Waals surface area contributed by atoms with E-state index in [1.165, 1.54) is 6.42 Å². The number of aliphatic imine (C=N–C) groups is 1. The molecule has 14 heteroatoms. The van der Waals surface area contributed by atoms with Gasteiger partial charge in [-0.2, -0.15) is 5.26 Å². The Labute approximate surface area is 288 Å². The van der Waals surface area contributed by atoms with Gasteiger partial charge >= 0.3 is 0 Å². The van der Waals surface area contributed by atoms with E-state index in [0.29, 0.717) is 57.0 Å². The molecule has 1 aliphatic carbocycles. The van der Waals surface area contributed by atoms with Gasteiger partial charge < -0.3 is 25.2 Å². The molecule has 48 heavy (non-hydrogen) atoms. The highest BCUT2D eigenvalue weighted by Gasteiger charge is 2.41. The number of carbonyl (C=O) groups is 2. The van der Waals surface area contributed by atoms with Crippen molar-refractivity contribution in [3.63, 3.8) is 0 Å². The Morgan fingerprint density at radius 2 is 1.96 bits per heavy atom. The number of thiophene rings is 1. The second-order valence-corrected chi connectivity index (χ2v) is 15.8. The van der Waals surface area contributed by atoms with Crippen molar-refractivity contribution in [2.75, 3.05) is 32.4 Å². The lowest BCUT2D eigenvalue weighted by atomic mass is 9.94. The third kappa shape index (κ3) is 9.78. The first-order chi connectivity index (χ1) is 23.1. The van der Waals surface area contributed by atoms with Crippen LogP contribution < -0.4 is 15.4 Å². The molecule has 3 N–H and O–H groups in total. The number of hydrogen-bond donors (Lipinski definition) is 3. The Kier molecular flexibility index (Phi) is 12.5. The minimum Gasteiger partial charge on any atom is -0.455 e. The Hall–Kier alpha value is -3.51. The van der Waals surface area contributed by atoms with Crippen LogP contribution in [0.15, 0.2) is 46.8 Å². The van der Waals surface area contributed by atoms with E-state index in [0.717, 1.165) is 42.4 Å². The normalized spacial score (nSPS) is 22.4. The molecule has 0 unspecified atom stereocenters. The summed E-state index contributed by atoms with van der Waals surface area (Å²) >= 11 is 1.56. The van der Waals surface area contributed by atoms with Crippen molar-refractivity contribution in [1.82, 2.24) is 25.2 Å². The molecule has 2 aromatic rings. The fraction of sp³-hybridized carbons (Fsp3) is 0.588. The average molecular weight is 698 g/mol. The van der Waals surface area contributed by atoms with E-state index < -0.39 is 22.1 Å². The number of benzene rings is 1. The van der Waals surface area contributed by atoms with Gasteiger partial charge in [-0.1, -0.05) is 43.9 Å².